The van der Waals surface area contributed by atoms with Gasteiger partial charge in [-0.1, -0.05) is 6.92 Å². The molecular weight excluding hydrogens is 214 g/mol. The minimum absolute atomic E-state index is 0.244. The number of amides is 1. The van der Waals surface area contributed by atoms with Gasteiger partial charge in [-0.15, -0.1) is 0 Å². The summed E-state index contributed by atoms with van der Waals surface area (Å²) in [5, 5.41) is 3.39. The minimum Gasteiger partial charge on any atom is -0.368 e. The van der Waals surface area contributed by atoms with Crippen molar-refractivity contribution in [3.8, 4) is 0 Å². The first-order chi connectivity index (χ1) is 7.89. The molecule has 1 fully saturated rings. The van der Waals surface area contributed by atoms with Gasteiger partial charge in [-0.2, -0.15) is 0 Å². The summed E-state index contributed by atoms with van der Waals surface area (Å²) in [7, 11) is 0. The molecule has 0 radical (unpaired) electrons. The van der Waals surface area contributed by atoms with Gasteiger partial charge in [0.05, 0.1) is 0 Å². The van der Waals surface area contributed by atoms with Crippen molar-refractivity contribution in [2.75, 3.05) is 13.1 Å². The molecule has 1 aliphatic rings. The Bertz CT molecular complexity index is 263. The number of nitrogens with two attached hydrogens (primary N) is 1. The van der Waals surface area contributed by atoms with Crippen molar-refractivity contribution in [3.63, 3.8) is 0 Å². The maximum atomic E-state index is 11.7. The van der Waals surface area contributed by atoms with Gasteiger partial charge in [0.25, 0.3) is 0 Å². The summed E-state index contributed by atoms with van der Waals surface area (Å²) in [5.41, 5.74) is 4.97. The molecule has 0 spiro atoms. The van der Waals surface area contributed by atoms with Gasteiger partial charge in [-0.25, -0.2) is 0 Å². The molecule has 1 rings (SSSR count). The number of hydrogen-bond acceptors (Lipinski definition) is 3. The smallest absolute Gasteiger partial charge is 0.238 e. The van der Waals surface area contributed by atoms with Crippen molar-refractivity contribution in [2.24, 2.45) is 5.73 Å². The topological polar surface area (TPSA) is 58.4 Å². The van der Waals surface area contributed by atoms with Crippen LogP contribution < -0.4 is 11.1 Å². The lowest BCUT2D eigenvalue weighted by Gasteiger charge is -2.36. The van der Waals surface area contributed by atoms with Crippen LogP contribution in [-0.2, 0) is 4.79 Å². The fourth-order valence-electron chi connectivity index (χ4n) is 2.09. The van der Waals surface area contributed by atoms with E-state index in [1.54, 1.807) is 0 Å². The molecule has 1 saturated carbocycles. The number of nitrogens with one attached hydrogen (secondary N) is 1. The molecule has 3 N–H and O–H groups in total. The fourth-order valence-corrected chi connectivity index (χ4v) is 2.09. The first-order valence-corrected chi connectivity index (χ1v) is 6.70. The lowest BCUT2D eigenvalue weighted by Crippen LogP contribution is -2.61. The van der Waals surface area contributed by atoms with Gasteiger partial charge >= 0.3 is 0 Å². The largest absolute Gasteiger partial charge is 0.368 e. The molecule has 1 atom stereocenters. The average Bonchev–Trinajstić information content (AvgIpc) is 3.00. The molecule has 0 aliphatic heterocycles. The highest BCUT2D eigenvalue weighted by atomic mass is 16.1. The summed E-state index contributed by atoms with van der Waals surface area (Å²) in [5.74, 6) is -0.244. The zero-order valence-electron chi connectivity index (χ0n) is 11.6. The zero-order valence-corrected chi connectivity index (χ0v) is 11.6. The van der Waals surface area contributed by atoms with E-state index < -0.39 is 5.54 Å². The Balaban J connectivity index is 2.65. The Morgan fingerprint density at radius 2 is 2.12 bits per heavy atom. The van der Waals surface area contributed by atoms with Crippen molar-refractivity contribution >= 4 is 5.91 Å². The van der Waals surface area contributed by atoms with E-state index in [2.05, 4.69) is 31.0 Å². The van der Waals surface area contributed by atoms with Gasteiger partial charge in [-0.05, 0) is 46.6 Å². The molecule has 1 amide bonds. The lowest BCUT2D eigenvalue weighted by atomic mass is 9.99. The minimum atomic E-state index is -0.597. The number of carbonyl (C=O) groups is 1. The molecule has 0 aromatic carbocycles. The van der Waals surface area contributed by atoms with Gasteiger partial charge in [-0.3, -0.25) is 15.0 Å². The number of rotatable bonds is 8. The molecule has 0 aromatic heterocycles. The Morgan fingerprint density at radius 3 is 2.47 bits per heavy atom. The third-order valence-electron chi connectivity index (χ3n) is 3.40. The molecule has 1 unspecified atom stereocenters. The third kappa shape index (κ3) is 4.28. The van der Waals surface area contributed by atoms with Crippen molar-refractivity contribution < 1.29 is 4.79 Å². The van der Waals surface area contributed by atoms with E-state index in [1.807, 2.05) is 6.92 Å². The van der Waals surface area contributed by atoms with Gasteiger partial charge in [0.2, 0.25) is 5.91 Å². The quantitative estimate of drug-likeness (QED) is 0.669. The van der Waals surface area contributed by atoms with Crippen LogP contribution in [0.5, 0.6) is 0 Å². The summed E-state index contributed by atoms with van der Waals surface area (Å²) < 4.78 is 0. The average molecular weight is 241 g/mol. The monoisotopic (exact) mass is 241 g/mol. The fraction of sp³-hybridized carbons (Fsp3) is 0.923. The van der Waals surface area contributed by atoms with E-state index in [4.69, 9.17) is 5.73 Å². The number of hydrogen-bond donors (Lipinski definition) is 2. The van der Waals surface area contributed by atoms with Crippen LogP contribution in [0.3, 0.4) is 0 Å². The van der Waals surface area contributed by atoms with Crippen LogP contribution in [0, 0.1) is 0 Å². The van der Waals surface area contributed by atoms with E-state index in [0.29, 0.717) is 18.6 Å². The maximum Gasteiger partial charge on any atom is 0.238 e. The molecule has 0 saturated heterocycles. The molecule has 0 heterocycles. The predicted octanol–water partition coefficient (Wildman–Crippen LogP) is 1.10. The van der Waals surface area contributed by atoms with E-state index in [1.165, 1.54) is 12.8 Å². The van der Waals surface area contributed by atoms with Gasteiger partial charge in [0.15, 0.2) is 0 Å². The van der Waals surface area contributed by atoms with Crippen LogP contribution >= 0.6 is 0 Å². The van der Waals surface area contributed by atoms with Crippen LogP contribution in [0.4, 0.5) is 0 Å². The third-order valence-corrected chi connectivity index (χ3v) is 3.40. The van der Waals surface area contributed by atoms with E-state index in [9.17, 15) is 4.79 Å². The number of nitrogens with zero attached hydrogens (tertiary/aromatic N) is 1. The van der Waals surface area contributed by atoms with Crippen LogP contribution in [0.25, 0.3) is 0 Å². The van der Waals surface area contributed by atoms with Gasteiger partial charge in [0, 0.05) is 18.6 Å². The normalized spacial score (nSPS) is 19.6. The van der Waals surface area contributed by atoms with Crippen molar-refractivity contribution in [1.29, 1.82) is 0 Å². The zero-order chi connectivity index (χ0) is 13.1. The van der Waals surface area contributed by atoms with Crippen LogP contribution in [0.1, 0.15) is 47.0 Å². The number of carbonyl (C=O) groups excluding carboxylic acids is 1. The van der Waals surface area contributed by atoms with Crippen molar-refractivity contribution in [1.82, 2.24) is 10.2 Å². The predicted molar refractivity (Wildman–Crippen MR) is 70.8 cm³/mol. The Morgan fingerprint density at radius 1 is 1.53 bits per heavy atom. The molecule has 0 bridgehead atoms. The Hall–Kier alpha value is -0.610. The second-order valence-corrected chi connectivity index (χ2v) is 5.68. The summed E-state index contributed by atoms with van der Waals surface area (Å²) in [6, 6.07) is 0.928. The maximum absolute atomic E-state index is 11.7. The standard InChI is InChI=1S/C13H27N3O/c1-5-8-16(10(2)3)9-13(4,12(14)17)15-11-6-7-11/h10-11,15H,5-9H2,1-4H3,(H2,14,17). The summed E-state index contributed by atoms with van der Waals surface area (Å²) in [6.45, 7) is 10.1. The molecule has 4 nitrogen and oxygen atoms in total. The van der Waals surface area contributed by atoms with Crippen LogP contribution in [0.2, 0.25) is 0 Å². The molecule has 1 aliphatic carbocycles. The van der Waals surface area contributed by atoms with Crippen LogP contribution in [0.15, 0.2) is 0 Å². The summed E-state index contributed by atoms with van der Waals surface area (Å²) in [6.07, 6.45) is 3.42. The van der Waals surface area contributed by atoms with E-state index in [-0.39, 0.29) is 5.91 Å². The second-order valence-electron chi connectivity index (χ2n) is 5.68. The lowest BCUT2D eigenvalue weighted by molar-refractivity contribution is -0.124. The highest BCUT2D eigenvalue weighted by Crippen LogP contribution is 2.23. The van der Waals surface area contributed by atoms with Crippen molar-refractivity contribution in [2.45, 2.75) is 64.6 Å². The van der Waals surface area contributed by atoms with Crippen molar-refractivity contribution in [3.05, 3.63) is 0 Å². The first kappa shape index (κ1) is 14.5. The summed E-state index contributed by atoms with van der Waals surface area (Å²) >= 11 is 0. The second kappa shape index (κ2) is 5.83. The highest BCUT2D eigenvalue weighted by molar-refractivity contribution is 5.84. The molecule has 100 valence electrons. The SMILES string of the molecule is CCCN(CC(C)(NC1CC1)C(N)=O)C(C)C. The van der Waals surface area contributed by atoms with E-state index >= 15 is 0 Å². The molecular formula is C13H27N3O. The van der Waals surface area contributed by atoms with Gasteiger partial charge in [0.1, 0.15) is 5.54 Å². The Kier molecular flexibility index (Phi) is 4.95. The highest BCUT2D eigenvalue weighted by Gasteiger charge is 2.38. The van der Waals surface area contributed by atoms with Crippen LogP contribution in [-0.4, -0.2) is 41.5 Å². The Labute approximate surface area is 105 Å². The van der Waals surface area contributed by atoms with E-state index in [0.717, 1.165) is 13.0 Å². The molecule has 4 heteroatoms. The molecule has 17 heavy (non-hydrogen) atoms. The summed E-state index contributed by atoms with van der Waals surface area (Å²) in [4.78, 5) is 14.0. The first-order valence-electron chi connectivity index (χ1n) is 6.70. The van der Waals surface area contributed by atoms with Gasteiger partial charge < -0.3 is 5.73 Å². The molecule has 0 aromatic rings. The number of primary amides is 1.